The number of hydrogen-bond donors (Lipinski definition) is 0. The minimum absolute atomic E-state index is 0.152. The predicted molar refractivity (Wildman–Crippen MR) is 120 cm³/mol. The normalized spacial score (nSPS) is 13.0. The molecular formula is C23H25Cl2N3O3. The summed E-state index contributed by atoms with van der Waals surface area (Å²) >= 11 is 12.5. The lowest BCUT2D eigenvalue weighted by molar-refractivity contribution is 0.00932. The van der Waals surface area contributed by atoms with Crippen LogP contribution >= 0.6 is 23.2 Å². The van der Waals surface area contributed by atoms with Crippen LogP contribution in [-0.4, -0.2) is 33.4 Å². The van der Waals surface area contributed by atoms with E-state index in [0.717, 1.165) is 11.1 Å². The van der Waals surface area contributed by atoms with Crippen molar-refractivity contribution in [3.63, 3.8) is 0 Å². The van der Waals surface area contributed by atoms with Crippen molar-refractivity contribution in [3.8, 4) is 0 Å². The highest BCUT2D eigenvalue weighted by atomic mass is 35.5. The predicted octanol–water partition coefficient (Wildman–Crippen LogP) is 5.54. The molecule has 3 aromatic rings. The molecule has 0 saturated carbocycles. The number of esters is 1. The zero-order valence-corrected chi connectivity index (χ0v) is 19.0. The lowest BCUT2D eigenvalue weighted by atomic mass is 10.0. The molecule has 0 bridgehead atoms. The van der Waals surface area contributed by atoms with Gasteiger partial charge >= 0.3 is 5.97 Å². The zero-order valence-electron chi connectivity index (χ0n) is 17.5. The first-order chi connectivity index (χ1) is 15.0. The Labute approximate surface area is 192 Å². The Morgan fingerprint density at radius 1 is 1.13 bits per heavy atom. The summed E-state index contributed by atoms with van der Waals surface area (Å²) in [4.78, 5) is 16.5. The van der Waals surface area contributed by atoms with E-state index < -0.39 is 5.97 Å². The van der Waals surface area contributed by atoms with E-state index in [1.165, 1.54) is 6.33 Å². The molecule has 0 fully saturated rings. The van der Waals surface area contributed by atoms with E-state index in [-0.39, 0.29) is 24.6 Å². The van der Waals surface area contributed by atoms with Crippen molar-refractivity contribution in [2.24, 2.45) is 0 Å². The van der Waals surface area contributed by atoms with Crippen LogP contribution in [0.2, 0.25) is 10.0 Å². The van der Waals surface area contributed by atoms with Crippen molar-refractivity contribution in [3.05, 3.63) is 81.9 Å². The molecule has 2 atom stereocenters. The standard InChI is InChI=1S/C23H25Cl2N3O3/c1-3-30-23(29)22-26-15-27-28(22)20(13-12-18-10-7-11-19(24)21(18)25)16(2)31-14-17-8-5-4-6-9-17/h4-11,15-16,20H,3,12-14H2,1-2H3/t16-,20+/m0/s1. The number of hydrogen-bond acceptors (Lipinski definition) is 5. The molecule has 0 aliphatic rings. The van der Waals surface area contributed by atoms with E-state index in [1.54, 1.807) is 17.7 Å². The lowest BCUT2D eigenvalue weighted by Crippen LogP contribution is -2.29. The van der Waals surface area contributed by atoms with Crippen LogP contribution in [0.1, 0.15) is 48.1 Å². The Bertz CT molecular complexity index is 995. The molecule has 0 aliphatic carbocycles. The summed E-state index contributed by atoms with van der Waals surface area (Å²) in [6.45, 7) is 4.42. The van der Waals surface area contributed by atoms with Crippen molar-refractivity contribution in [1.29, 1.82) is 0 Å². The average Bonchev–Trinajstić information content (AvgIpc) is 3.26. The second-order valence-corrected chi connectivity index (χ2v) is 7.85. The third-order valence-electron chi connectivity index (χ3n) is 4.98. The highest BCUT2D eigenvalue weighted by Gasteiger charge is 2.27. The van der Waals surface area contributed by atoms with Gasteiger partial charge in [0.2, 0.25) is 5.82 Å². The van der Waals surface area contributed by atoms with Gasteiger partial charge in [-0.3, -0.25) is 0 Å². The van der Waals surface area contributed by atoms with E-state index in [0.29, 0.717) is 29.5 Å². The molecule has 0 spiro atoms. The third kappa shape index (κ3) is 6.06. The van der Waals surface area contributed by atoms with E-state index in [9.17, 15) is 4.79 Å². The smallest absolute Gasteiger partial charge is 0.376 e. The molecule has 0 amide bonds. The molecule has 8 heteroatoms. The highest BCUT2D eigenvalue weighted by molar-refractivity contribution is 6.42. The van der Waals surface area contributed by atoms with Gasteiger partial charge in [0.25, 0.3) is 0 Å². The van der Waals surface area contributed by atoms with Crippen LogP contribution in [0.25, 0.3) is 0 Å². The van der Waals surface area contributed by atoms with Gasteiger partial charge in [-0.15, -0.1) is 0 Å². The van der Waals surface area contributed by atoms with Crippen LogP contribution in [0.4, 0.5) is 0 Å². The Balaban J connectivity index is 1.82. The molecule has 0 radical (unpaired) electrons. The summed E-state index contributed by atoms with van der Waals surface area (Å²) in [5.41, 5.74) is 1.99. The number of halogens is 2. The summed E-state index contributed by atoms with van der Waals surface area (Å²) in [5.74, 6) is -0.361. The maximum Gasteiger partial charge on any atom is 0.376 e. The maximum absolute atomic E-state index is 12.4. The Morgan fingerprint density at radius 2 is 1.90 bits per heavy atom. The van der Waals surface area contributed by atoms with Crippen LogP contribution in [-0.2, 0) is 22.5 Å². The van der Waals surface area contributed by atoms with Crippen LogP contribution in [0.5, 0.6) is 0 Å². The number of carbonyl (C=O) groups is 1. The molecule has 6 nitrogen and oxygen atoms in total. The first-order valence-electron chi connectivity index (χ1n) is 10.2. The van der Waals surface area contributed by atoms with E-state index in [4.69, 9.17) is 32.7 Å². The SMILES string of the molecule is CCOC(=O)c1ncnn1[C@H](CCc1cccc(Cl)c1Cl)[C@H](C)OCc1ccccc1. The quantitative estimate of drug-likeness (QED) is 0.370. The van der Waals surface area contributed by atoms with Crippen LogP contribution in [0.15, 0.2) is 54.9 Å². The molecule has 0 N–H and O–H groups in total. The van der Waals surface area contributed by atoms with Crippen molar-refractivity contribution < 1.29 is 14.3 Å². The summed E-state index contributed by atoms with van der Waals surface area (Å²) in [6.07, 6.45) is 2.35. The monoisotopic (exact) mass is 461 g/mol. The first kappa shape index (κ1) is 23.3. The van der Waals surface area contributed by atoms with Gasteiger partial charge in [0, 0.05) is 0 Å². The van der Waals surface area contributed by atoms with E-state index >= 15 is 0 Å². The van der Waals surface area contributed by atoms with Gasteiger partial charge in [-0.05, 0) is 43.9 Å². The Morgan fingerprint density at radius 3 is 2.65 bits per heavy atom. The number of benzene rings is 2. The number of aromatic nitrogens is 3. The van der Waals surface area contributed by atoms with Crippen LogP contribution in [0, 0.1) is 0 Å². The Kier molecular flexibility index (Phi) is 8.46. The summed E-state index contributed by atoms with van der Waals surface area (Å²) in [6, 6.07) is 15.2. The van der Waals surface area contributed by atoms with Crippen molar-refractivity contribution in [2.45, 2.75) is 45.4 Å². The van der Waals surface area contributed by atoms with Gasteiger partial charge in [-0.1, -0.05) is 65.7 Å². The lowest BCUT2D eigenvalue weighted by Gasteiger charge is -2.26. The second-order valence-electron chi connectivity index (χ2n) is 7.07. The number of rotatable bonds is 10. The molecule has 2 aromatic carbocycles. The van der Waals surface area contributed by atoms with E-state index in [2.05, 4.69) is 10.1 Å². The van der Waals surface area contributed by atoms with Gasteiger partial charge in [0.15, 0.2) is 0 Å². The fourth-order valence-electron chi connectivity index (χ4n) is 3.35. The summed E-state index contributed by atoms with van der Waals surface area (Å²) < 4.78 is 12.9. The van der Waals surface area contributed by atoms with Crippen LogP contribution < -0.4 is 0 Å². The molecule has 31 heavy (non-hydrogen) atoms. The number of ether oxygens (including phenoxy) is 2. The molecule has 3 rings (SSSR count). The number of aryl methyl sites for hydroxylation is 1. The van der Waals surface area contributed by atoms with Gasteiger partial charge in [-0.2, -0.15) is 5.10 Å². The van der Waals surface area contributed by atoms with Crippen LogP contribution in [0.3, 0.4) is 0 Å². The van der Waals surface area contributed by atoms with Gasteiger partial charge in [0.1, 0.15) is 6.33 Å². The number of carbonyl (C=O) groups excluding carboxylic acids is 1. The van der Waals surface area contributed by atoms with Gasteiger partial charge in [0.05, 0.1) is 35.4 Å². The molecule has 0 aliphatic heterocycles. The van der Waals surface area contributed by atoms with Gasteiger partial charge in [-0.25, -0.2) is 14.5 Å². The summed E-state index contributed by atoms with van der Waals surface area (Å²) in [7, 11) is 0. The average molecular weight is 462 g/mol. The second kappa shape index (κ2) is 11.3. The minimum atomic E-state index is -0.513. The molecule has 1 aromatic heterocycles. The van der Waals surface area contributed by atoms with E-state index in [1.807, 2.05) is 49.4 Å². The molecule has 0 unspecified atom stereocenters. The largest absolute Gasteiger partial charge is 0.460 e. The van der Waals surface area contributed by atoms with Gasteiger partial charge < -0.3 is 9.47 Å². The third-order valence-corrected chi connectivity index (χ3v) is 5.84. The molecule has 1 heterocycles. The minimum Gasteiger partial charge on any atom is -0.460 e. The first-order valence-corrected chi connectivity index (χ1v) is 10.9. The summed E-state index contributed by atoms with van der Waals surface area (Å²) in [5, 5.41) is 5.36. The van der Waals surface area contributed by atoms with Crippen molar-refractivity contribution >= 4 is 29.2 Å². The van der Waals surface area contributed by atoms with Crippen molar-refractivity contribution in [2.75, 3.05) is 6.61 Å². The molecular weight excluding hydrogens is 437 g/mol. The zero-order chi connectivity index (χ0) is 22.2. The number of nitrogens with zero attached hydrogens (tertiary/aromatic N) is 3. The molecule has 0 saturated heterocycles. The fourth-order valence-corrected chi connectivity index (χ4v) is 3.76. The maximum atomic E-state index is 12.4. The Hall–Kier alpha value is -2.41. The van der Waals surface area contributed by atoms with Crippen molar-refractivity contribution in [1.82, 2.24) is 14.8 Å². The molecule has 164 valence electrons. The fraction of sp³-hybridized carbons (Fsp3) is 0.348. The topological polar surface area (TPSA) is 66.2 Å². The highest BCUT2D eigenvalue weighted by Crippen LogP contribution is 2.29.